The summed E-state index contributed by atoms with van der Waals surface area (Å²) in [5.41, 5.74) is 1.85. The highest BCUT2D eigenvalue weighted by Crippen LogP contribution is 2.22. The molecule has 25 heavy (non-hydrogen) atoms. The van der Waals surface area contributed by atoms with Crippen LogP contribution in [-0.4, -0.2) is 75.5 Å². The van der Waals surface area contributed by atoms with Crippen LogP contribution in [0.4, 0.5) is 5.69 Å². The van der Waals surface area contributed by atoms with Gasteiger partial charge in [-0.3, -0.25) is 9.69 Å². The average molecular weight is 345 g/mol. The fourth-order valence-electron chi connectivity index (χ4n) is 3.96. The summed E-state index contributed by atoms with van der Waals surface area (Å²) in [5, 5.41) is 3.02. The molecular weight excluding hydrogens is 318 g/mol. The summed E-state index contributed by atoms with van der Waals surface area (Å²) in [6.07, 6.45) is 2.61. The molecule has 0 bridgehead atoms. The summed E-state index contributed by atoms with van der Waals surface area (Å²) in [4.78, 5) is 17.2. The van der Waals surface area contributed by atoms with Gasteiger partial charge in [-0.15, -0.1) is 0 Å². The molecule has 1 amide bonds. The number of rotatable bonds is 4. The third kappa shape index (κ3) is 3.97. The maximum atomic E-state index is 12.4. The number of ether oxygens (including phenoxy) is 2. The molecule has 0 spiro atoms. The first-order chi connectivity index (χ1) is 12.3. The Bertz CT molecular complexity index is 586. The van der Waals surface area contributed by atoms with Crippen molar-refractivity contribution in [3.05, 3.63) is 29.8 Å². The highest BCUT2D eigenvalue weighted by Gasteiger charge is 2.32. The zero-order valence-corrected chi connectivity index (χ0v) is 14.7. The van der Waals surface area contributed by atoms with Crippen LogP contribution in [0.1, 0.15) is 23.2 Å². The minimum absolute atomic E-state index is 0.0272. The molecule has 0 aliphatic carbocycles. The van der Waals surface area contributed by atoms with Gasteiger partial charge in [0.2, 0.25) is 0 Å². The number of fused-ring (bicyclic) bond motifs is 1. The van der Waals surface area contributed by atoms with Gasteiger partial charge in [-0.25, -0.2) is 0 Å². The fraction of sp³-hybridized carbons (Fsp3) is 0.632. The molecule has 3 fully saturated rings. The molecule has 0 aromatic heterocycles. The Morgan fingerprint density at radius 1 is 1.16 bits per heavy atom. The average Bonchev–Trinajstić information content (AvgIpc) is 3.15. The van der Waals surface area contributed by atoms with E-state index in [2.05, 4.69) is 15.1 Å². The third-order valence-corrected chi connectivity index (χ3v) is 5.46. The minimum atomic E-state index is -0.0272. The van der Waals surface area contributed by atoms with E-state index in [0.717, 1.165) is 45.1 Å². The van der Waals surface area contributed by atoms with Crippen LogP contribution < -0.4 is 10.2 Å². The largest absolute Gasteiger partial charge is 0.378 e. The van der Waals surface area contributed by atoms with Crippen molar-refractivity contribution in [3.8, 4) is 0 Å². The number of nitrogens with zero attached hydrogens (tertiary/aromatic N) is 2. The van der Waals surface area contributed by atoms with E-state index in [1.54, 1.807) is 0 Å². The summed E-state index contributed by atoms with van der Waals surface area (Å²) in [6, 6.07) is 8.44. The Labute approximate surface area is 149 Å². The van der Waals surface area contributed by atoms with Gasteiger partial charge in [0.25, 0.3) is 5.91 Å². The molecule has 3 saturated heterocycles. The van der Waals surface area contributed by atoms with Crippen LogP contribution in [0.25, 0.3) is 0 Å². The zero-order valence-electron chi connectivity index (χ0n) is 14.7. The molecule has 3 aliphatic rings. The van der Waals surface area contributed by atoms with Crippen molar-refractivity contribution >= 4 is 11.6 Å². The third-order valence-electron chi connectivity index (χ3n) is 5.46. The van der Waals surface area contributed by atoms with E-state index in [4.69, 9.17) is 9.47 Å². The van der Waals surface area contributed by atoms with Crippen LogP contribution in [-0.2, 0) is 9.47 Å². The number of anilines is 1. The van der Waals surface area contributed by atoms with Crippen LogP contribution in [0.3, 0.4) is 0 Å². The van der Waals surface area contributed by atoms with Crippen molar-refractivity contribution in [2.24, 2.45) is 0 Å². The lowest BCUT2D eigenvalue weighted by Crippen LogP contribution is -2.50. The van der Waals surface area contributed by atoms with Crippen molar-refractivity contribution in [2.45, 2.75) is 25.0 Å². The molecule has 136 valence electrons. The van der Waals surface area contributed by atoms with Crippen LogP contribution in [0.15, 0.2) is 24.3 Å². The highest BCUT2D eigenvalue weighted by atomic mass is 16.5. The van der Waals surface area contributed by atoms with Crippen molar-refractivity contribution < 1.29 is 14.3 Å². The summed E-state index contributed by atoms with van der Waals surface area (Å²) in [6.45, 7) is 6.82. The lowest BCUT2D eigenvalue weighted by Gasteiger charge is -2.35. The molecule has 1 aromatic rings. The molecule has 3 heterocycles. The standard InChI is InChI=1S/C19H27N3O3/c23-19(20-12-18-13-22-7-1-2-17(22)14-25-18)15-3-5-16(6-4-15)21-8-10-24-11-9-21/h3-6,17-18H,1-2,7-14H2,(H,20,23). The molecule has 0 radical (unpaired) electrons. The normalized spacial score (nSPS) is 27.1. The Kier molecular flexibility index (Phi) is 5.20. The van der Waals surface area contributed by atoms with Crippen LogP contribution in [0, 0.1) is 0 Å². The lowest BCUT2D eigenvalue weighted by atomic mass is 10.1. The number of carbonyl (C=O) groups excluding carboxylic acids is 1. The maximum absolute atomic E-state index is 12.4. The van der Waals surface area contributed by atoms with Crippen molar-refractivity contribution in [2.75, 3.05) is 57.4 Å². The summed E-state index contributed by atoms with van der Waals surface area (Å²) < 4.78 is 11.3. The van der Waals surface area contributed by atoms with Crippen LogP contribution in [0.5, 0.6) is 0 Å². The summed E-state index contributed by atoms with van der Waals surface area (Å²) in [5.74, 6) is -0.0272. The smallest absolute Gasteiger partial charge is 0.251 e. The van der Waals surface area contributed by atoms with E-state index in [1.165, 1.54) is 19.4 Å². The Morgan fingerprint density at radius 2 is 1.96 bits per heavy atom. The van der Waals surface area contributed by atoms with Gasteiger partial charge in [-0.05, 0) is 43.7 Å². The van der Waals surface area contributed by atoms with Gasteiger partial charge in [0.05, 0.1) is 25.9 Å². The first kappa shape index (κ1) is 16.8. The van der Waals surface area contributed by atoms with Crippen molar-refractivity contribution in [1.29, 1.82) is 0 Å². The number of hydrogen-bond acceptors (Lipinski definition) is 5. The Hall–Kier alpha value is -1.63. The predicted octanol–water partition coefficient (Wildman–Crippen LogP) is 1.12. The Morgan fingerprint density at radius 3 is 2.76 bits per heavy atom. The number of hydrogen-bond donors (Lipinski definition) is 1. The summed E-state index contributed by atoms with van der Waals surface area (Å²) in [7, 11) is 0. The molecule has 1 aromatic carbocycles. The second kappa shape index (κ2) is 7.72. The first-order valence-corrected chi connectivity index (χ1v) is 9.36. The van der Waals surface area contributed by atoms with E-state index in [9.17, 15) is 4.79 Å². The number of carbonyl (C=O) groups is 1. The quantitative estimate of drug-likeness (QED) is 0.886. The van der Waals surface area contributed by atoms with Gasteiger partial charge in [0.1, 0.15) is 0 Å². The first-order valence-electron chi connectivity index (χ1n) is 9.36. The Balaban J connectivity index is 1.27. The van der Waals surface area contributed by atoms with Crippen molar-refractivity contribution in [3.63, 3.8) is 0 Å². The number of nitrogens with one attached hydrogen (secondary N) is 1. The van der Waals surface area contributed by atoms with Gasteiger partial charge < -0.3 is 19.7 Å². The minimum Gasteiger partial charge on any atom is -0.378 e. The molecule has 2 atom stereocenters. The SMILES string of the molecule is O=C(NCC1CN2CCCC2CO1)c1ccc(N2CCOCC2)cc1. The topological polar surface area (TPSA) is 54.0 Å². The van der Waals surface area contributed by atoms with E-state index in [0.29, 0.717) is 18.2 Å². The molecule has 4 rings (SSSR count). The second-order valence-corrected chi connectivity index (χ2v) is 7.10. The van der Waals surface area contributed by atoms with Gasteiger partial charge in [0.15, 0.2) is 0 Å². The molecule has 6 heteroatoms. The second-order valence-electron chi connectivity index (χ2n) is 7.10. The number of amides is 1. The predicted molar refractivity (Wildman–Crippen MR) is 96.1 cm³/mol. The van der Waals surface area contributed by atoms with E-state index < -0.39 is 0 Å². The van der Waals surface area contributed by atoms with Gasteiger partial charge in [0, 0.05) is 43.5 Å². The molecule has 0 saturated carbocycles. The monoisotopic (exact) mass is 345 g/mol. The zero-order chi connectivity index (χ0) is 17.1. The van der Waals surface area contributed by atoms with E-state index in [-0.39, 0.29) is 12.0 Å². The number of morpholine rings is 2. The molecule has 6 nitrogen and oxygen atoms in total. The van der Waals surface area contributed by atoms with Crippen molar-refractivity contribution in [1.82, 2.24) is 10.2 Å². The van der Waals surface area contributed by atoms with E-state index in [1.807, 2.05) is 24.3 Å². The lowest BCUT2D eigenvalue weighted by molar-refractivity contribution is -0.0461. The molecular formula is C19H27N3O3. The molecule has 2 unspecified atom stereocenters. The van der Waals surface area contributed by atoms with Gasteiger partial charge in [-0.1, -0.05) is 0 Å². The summed E-state index contributed by atoms with van der Waals surface area (Å²) >= 11 is 0. The van der Waals surface area contributed by atoms with E-state index >= 15 is 0 Å². The van der Waals surface area contributed by atoms with Gasteiger partial charge >= 0.3 is 0 Å². The fourth-order valence-corrected chi connectivity index (χ4v) is 3.96. The van der Waals surface area contributed by atoms with Gasteiger partial charge in [-0.2, -0.15) is 0 Å². The maximum Gasteiger partial charge on any atom is 0.251 e. The van der Waals surface area contributed by atoms with Crippen LogP contribution >= 0.6 is 0 Å². The van der Waals surface area contributed by atoms with Crippen LogP contribution in [0.2, 0.25) is 0 Å². The number of benzene rings is 1. The molecule has 3 aliphatic heterocycles. The highest BCUT2D eigenvalue weighted by molar-refractivity contribution is 5.94. The molecule has 1 N–H and O–H groups in total.